The number of rotatable bonds is 3. The van der Waals surface area contributed by atoms with E-state index in [1.54, 1.807) is 18.2 Å². The van der Waals surface area contributed by atoms with Crippen LogP contribution in [0, 0.1) is 27.7 Å². The van der Waals surface area contributed by atoms with E-state index in [1.807, 2.05) is 33.8 Å². The zero-order chi connectivity index (χ0) is 20.2. The molecule has 6 heteroatoms. The molecule has 2 aromatic carbocycles. The van der Waals surface area contributed by atoms with Gasteiger partial charge in [0.15, 0.2) is 5.78 Å². The Balaban J connectivity index is 1.80. The second-order valence-electron chi connectivity index (χ2n) is 7.58. The molecule has 0 unspecified atom stereocenters. The smallest absolute Gasteiger partial charge is 0.262 e. The van der Waals surface area contributed by atoms with E-state index in [0.717, 1.165) is 35.1 Å². The molecule has 0 bridgehead atoms. The lowest BCUT2D eigenvalue weighted by atomic mass is 9.94. The van der Waals surface area contributed by atoms with E-state index in [2.05, 4.69) is 4.72 Å². The van der Waals surface area contributed by atoms with Crippen LogP contribution in [-0.4, -0.2) is 14.2 Å². The molecule has 0 radical (unpaired) electrons. The Morgan fingerprint density at radius 3 is 2.32 bits per heavy atom. The van der Waals surface area contributed by atoms with Gasteiger partial charge in [0.05, 0.1) is 10.5 Å². The number of aryl methyl sites for hydroxylation is 3. The first kappa shape index (κ1) is 18.7. The van der Waals surface area contributed by atoms with Crippen molar-refractivity contribution < 1.29 is 17.6 Å². The highest BCUT2D eigenvalue weighted by Crippen LogP contribution is 2.34. The quantitative estimate of drug-likeness (QED) is 0.676. The van der Waals surface area contributed by atoms with Crippen molar-refractivity contribution in [2.75, 3.05) is 4.72 Å². The van der Waals surface area contributed by atoms with Crippen LogP contribution in [0.4, 0.5) is 5.69 Å². The summed E-state index contributed by atoms with van der Waals surface area (Å²) in [5, 5.41) is 0.675. The van der Waals surface area contributed by atoms with E-state index >= 15 is 0 Å². The van der Waals surface area contributed by atoms with Gasteiger partial charge in [0.25, 0.3) is 10.0 Å². The van der Waals surface area contributed by atoms with Crippen molar-refractivity contribution in [1.29, 1.82) is 0 Å². The number of carbonyl (C=O) groups excluding carboxylic acids is 1. The van der Waals surface area contributed by atoms with Crippen LogP contribution in [0.15, 0.2) is 33.6 Å². The number of fused-ring (bicyclic) bond motifs is 3. The van der Waals surface area contributed by atoms with Gasteiger partial charge in [-0.05, 0) is 74.6 Å². The van der Waals surface area contributed by atoms with Gasteiger partial charge in [-0.1, -0.05) is 6.07 Å². The molecule has 0 aliphatic heterocycles. The second kappa shape index (κ2) is 6.48. The molecular formula is C22H23NO4S. The highest BCUT2D eigenvalue weighted by atomic mass is 32.2. The van der Waals surface area contributed by atoms with E-state index in [9.17, 15) is 13.2 Å². The standard InChI is InChI=1S/C22H23NO4S/c1-12-10-13(2)15(4)22(14(12)3)28(25,26)23-16-8-9-19-17(11-16)21-18(24)6-5-7-20(21)27-19/h8-11,23H,5-7H2,1-4H3. The largest absolute Gasteiger partial charge is 0.460 e. The monoisotopic (exact) mass is 397 g/mol. The molecule has 0 saturated heterocycles. The van der Waals surface area contributed by atoms with Crippen LogP contribution >= 0.6 is 0 Å². The molecule has 3 aromatic rings. The van der Waals surface area contributed by atoms with Crippen molar-refractivity contribution in [1.82, 2.24) is 0 Å². The minimum absolute atomic E-state index is 0.0565. The summed E-state index contributed by atoms with van der Waals surface area (Å²) in [4.78, 5) is 12.7. The van der Waals surface area contributed by atoms with Gasteiger partial charge in [-0.15, -0.1) is 0 Å². The molecule has 0 fully saturated rings. The molecule has 0 spiro atoms. The summed E-state index contributed by atoms with van der Waals surface area (Å²) in [6.45, 7) is 7.47. The van der Waals surface area contributed by atoms with Crippen LogP contribution in [0.2, 0.25) is 0 Å². The molecule has 5 nitrogen and oxygen atoms in total. The number of anilines is 1. The molecule has 0 saturated carbocycles. The van der Waals surface area contributed by atoms with Crippen molar-refractivity contribution >= 4 is 32.5 Å². The van der Waals surface area contributed by atoms with Crippen LogP contribution in [-0.2, 0) is 16.4 Å². The number of hydrogen-bond donors (Lipinski definition) is 1. The average molecular weight is 397 g/mol. The predicted octanol–water partition coefficient (Wildman–Crippen LogP) is 4.99. The van der Waals surface area contributed by atoms with Gasteiger partial charge in [-0.3, -0.25) is 9.52 Å². The molecule has 1 aliphatic carbocycles. The fourth-order valence-corrected chi connectivity index (χ4v) is 5.69. The van der Waals surface area contributed by atoms with Crippen molar-refractivity contribution in [3.8, 4) is 0 Å². The molecule has 1 aliphatic rings. The maximum absolute atomic E-state index is 13.2. The Bertz CT molecular complexity index is 1210. The first-order valence-electron chi connectivity index (χ1n) is 9.38. The Hall–Kier alpha value is -2.60. The zero-order valence-corrected chi connectivity index (χ0v) is 17.3. The molecule has 1 aromatic heterocycles. The van der Waals surface area contributed by atoms with Crippen molar-refractivity contribution in [3.63, 3.8) is 0 Å². The van der Waals surface area contributed by atoms with E-state index in [4.69, 9.17) is 4.42 Å². The lowest BCUT2D eigenvalue weighted by molar-refractivity contribution is 0.0971. The number of Topliss-reactive ketones (excluding diaryl/α,β-unsaturated/α-hetero) is 1. The summed E-state index contributed by atoms with van der Waals surface area (Å²) in [5.41, 5.74) is 5.00. The third kappa shape index (κ3) is 2.92. The fourth-order valence-electron chi connectivity index (χ4n) is 4.02. The minimum Gasteiger partial charge on any atom is -0.460 e. The van der Waals surface area contributed by atoms with Gasteiger partial charge in [-0.25, -0.2) is 8.42 Å². The summed E-state index contributed by atoms with van der Waals surface area (Å²) < 4.78 is 34.8. The van der Waals surface area contributed by atoms with Crippen LogP contribution in [0.5, 0.6) is 0 Å². The summed E-state index contributed by atoms with van der Waals surface area (Å²) >= 11 is 0. The molecule has 1 N–H and O–H groups in total. The SMILES string of the molecule is Cc1cc(C)c(C)c(S(=O)(=O)Nc2ccc3oc4c(c3c2)C(=O)CCC4)c1C. The highest BCUT2D eigenvalue weighted by Gasteiger charge is 2.26. The second-order valence-corrected chi connectivity index (χ2v) is 9.20. The maximum Gasteiger partial charge on any atom is 0.262 e. The average Bonchev–Trinajstić information content (AvgIpc) is 2.99. The van der Waals surface area contributed by atoms with Gasteiger partial charge >= 0.3 is 0 Å². The van der Waals surface area contributed by atoms with Gasteiger partial charge in [-0.2, -0.15) is 0 Å². The Morgan fingerprint density at radius 1 is 0.964 bits per heavy atom. The van der Waals surface area contributed by atoms with E-state index in [-0.39, 0.29) is 5.78 Å². The number of nitrogens with one attached hydrogen (secondary N) is 1. The molecule has 4 rings (SSSR count). The van der Waals surface area contributed by atoms with Crippen LogP contribution in [0.1, 0.15) is 51.2 Å². The van der Waals surface area contributed by atoms with Crippen molar-refractivity contribution in [3.05, 3.63) is 57.8 Å². The van der Waals surface area contributed by atoms with Gasteiger partial charge < -0.3 is 4.42 Å². The van der Waals surface area contributed by atoms with E-state index in [1.165, 1.54) is 0 Å². The van der Waals surface area contributed by atoms with Crippen LogP contribution < -0.4 is 4.72 Å². The maximum atomic E-state index is 13.2. The lowest BCUT2D eigenvalue weighted by Gasteiger charge is -2.17. The summed E-state index contributed by atoms with van der Waals surface area (Å²) in [6, 6.07) is 7.09. The van der Waals surface area contributed by atoms with Crippen LogP contribution in [0.3, 0.4) is 0 Å². The molecular weight excluding hydrogens is 374 g/mol. The summed E-state index contributed by atoms with van der Waals surface area (Å²) in [5.74, 6) is 0.758. The molecule has 0 atom stereocenters. The van der Waals surface area contributed by atoms with Gasteiger partial charge in [0.1, 0.15) is 11.3 Å². The molecule has 28 heavy (non-hydrogen) atoms. The number of carbonyl (C=O) groups is 1. The van der Waals surface area contributed by atoms with E-state index < -0.39 is 10.0 Å². The van der Waals surface area contributed by atoms with E-state index in [0.29, 0.717) is 39.3 Å². The Labute approximate surface area is 164 Å². The van der Waals surface area contributed by atoms with Gasteiger partial charge in [0.2, 0.25) is 0 Å². The number of furan rings is 1. The van der Waals surface area contributed by atoms with Crippen LogP contribution in [0.25, 0.3) is 11.0 Å². The molecule has 146 valence electrons. The van der Waals surface area contributed by atoms with Gasteiger partial charge in [0, 0.05) is 23.9 Å². The number of benzene rings is 2. The first-order chi connectivity index (χ1) is 13.2. The molecule has 1 heterocycles. The topological polar surface area (TPSA) is 76.4 Å². The highest BCUT2D eigenvalue weighted by molar-refractivity contribution is 7.92. The predicted molar refractivity (Wildman–Crippen MR) is 110 cm³/mol. The number of hydrogen-bond acceptors (Lipinski definition) is 4. The third-order valence-electron chi connectivity index (χ3n) is 5.67. The third-order valence-corrected chi connectivity index (χ3v) is 7.32. The summed E-state index contributed by atoms with van der Waals surface area (Å²) in [6.07, 6.45) is 2.02. The number of sulfonamides is 1. The lowest BCUT2D eigenvalue weighted by Crippen LogP contribution is -2.17. The number of ketones is 1. The Kier molecular flexibility index (Phi) is 4.34. The molecule has 0 amide bonds. The van der Waals surface area contributed by atoms with Crippen molar-refractivity contribution in [2.45, 2.75) is 51.9 Å². The fraction of sp³-hybridized carbons (Fsp3) is 0.318. The summed E-state index contributed by atoms with van der Waals surface area (Å²) in [7, 11) is -3.77. The minimum atomic E-state index is -3.77. The zero-order valence-electron chi connectivity index (χ0n) is 16.5. The Morgan fingerprint density at radius 2 is 1.64 bits per heavy atom. The first-order valence-corrected chi connectivity index (χ1v) is 10.9. The normalized spacial score (nSPS) is 14.4. The van der Waals surface area contributed by atoms with Crippen molar-refractivity contribution in [2.24, 2.45) is 0 Å².